The first-order chi connectivity index (χ1) is 15.7. The molecular formula is C22H22ClF3N4O2S. The van der Waals surface area contributed by atoms with Gasteiger partial charge in [0.15, 0.2) is 4.80 Å². The lowest BCUT2D eigenvalue weighted by Crippen LogP contribution is -2.30. The molecule has 33 heavy (non-hydrogen) atoms. The van der Waals surface area contributed by atoms with Gasteiger partial charge in [0.25, 0.3) is 0 Å². The van der Waals surface area contributed by atoms with Crippen LogP contribution in [-0.2, 0) is 17.9 Å². The lowest BCUT2D eigenvalue weighted by atomic mass is 10.1. The maximum atomic E-state index is 12.5. The molecule has 6 nitrogen and oxygen atoms in total. The summed E-state index contributed by atoms with van der Waals surface area (Å²) in [5.41, 5.74) is 7.69. The lowest BCUT2D eigenvalue weighted by molar-refractivity contribution is -0.274. The van der Waals surface area contributed by atoms with Crippen LogP contribution in [0.4, 0.5) is 13.2 Å². The Labute approximate surface area is 197 Å². The Morgan fingerprint density at radius 2 is 1.85 bits per heavy atom. The molecule has 0 aliphatic rings. The second-order valence-corrected chi connectivity index (χ2v) is 8.34. The van der Waals surface area contributed by atoms with Gasteiger partial charge >= 0.3 is 6.36 Å². The Morgan fingerprint density at radius 1 is 1.15 bits per heavy atom. The minimum absolute atomic E-state index is 0.0929. The predicted octanol–water partition coefficient (Wildman–Crippen LogP) is 4.33. The molecule has 0 saturated carbocycles. The number of alkyl halides is 3. The van der Waals surface area contributed by atoms with E-state index in [4.69, 9.17) is 22.3 Å². The first-order valence-electron chi connectivity index (χ1n) is 10.00. The van der Waals surface area contributed by atoms with Gasteiger partial charge in [0.05, 0.1) is 18.8 Å². The average molecular weight is 499 g/mol. The van der Waals surface area contributed by atoms with Gasteiger partial charge in [-0.15, -0.1) is 24.5 Å². The number of ether oxygens (including phenoxy) is 1. The van der Waals surface area contributed by atoms with Gasteiger partial charge in [-0.1, -0.05) is 23.7 Å². The van der Waals surface area contributed by atoms with Crippen LogP contribution in [0.15, 0.2) is 58.9 Å². The highest BCUT2D eigenvalue weighted by Gasteiger charge is 2.31. The van der Waals surface area contributed by atoms with Gasteiger partial charge in [-0.2, -0.15) is 0 Å². The van der Waals surface area contributed by atoms with Crippen molar-refractivity contribution in [1.29, 1.82) is 0 Å². The summed E-state index contributed by atoms with van der Waals surface area (Å²) >= 11 is 7.38. The highest BCUT2D eigenvalue weighted by atomic mass is 35.5. The quantitative estimate of drug-likeness (QED) is 0.408. The number of carbonyl (C=O) groups is 1. The maximum Gasteiger partial charge on any atom is 0.573 e. The number of primary amides is 1. The van der Waals surface area contributed by atoms with Crippen molar-refractivity contribution in [1.82, 2.24) is 9.88 Å². The van der Waals surface area contributed by atoms with Crippen molar-refractivity contribution in [2.75, 3.05) is 13.1 Å². The number of rotatable bonds is 10. The van der Waals surface area contributed by atoms with Crippen molar-refractivity contribution >= 4 is 28.8 Å². The zero-order valence-corrected chi connectivity index (χ0v) is 19.0. The zero-order valence-electron chi connectivity index (χ0n) is 17.4. The van der Waals surface area contributed by atoms with Crippen molar-refractivity contribution in [2.24, 2.45) is 10.7 Å². The molecule has 0 saturated heterocycles. The van der Waals surface area contributed by atoms with Gasteiger partial charge < -0.3 is 20.4 Å². The van der Waals surface area contributed by atoms with E-state index in [0.29, 0.717) is 31.1 Å². The molecule has 3 aromatic rings. The number of hydrogen-bond acceptors (Lipinski definition) is 5. The van der Waals surface area contributed by atoms with Crippen LogP contribution in [0.1, 0.15) is 12.0 Å². The van der Waals surface area contributed by atoms with Crippen LogP contribution in [0.3, 0.4) is 0 Å². The number of thiazole rings is 1. The molecule has 0 bridgehead atoms. The minimum atomic E-state index is -4.74. The van der Waals surface area contributed by atoms with Crippen LogP contribution in [0.2, 0.25) is 5.02 Å². The van der Waals surface area contributed by atoms with E-state index in [-0.39, 0.29) is 12.3 Å². The second-order valence-electron chi connectivity index (χ2n) is 7.07. The number of aromatic nitrogens is 1. The molecule has 1 heterocycles. The number of nitrogens with zero attached hydrogens (tertiary/aromatic N) is 2. The van der Waals surface area contributed by atoms with Crippen LogP contribution in [0, 0.1) is 0 Å². The van der Waals surface area contributed by atoms with Gasteiger partial charge in [-0.05, 0) is 60.5 Å². The fourth-order valence-corrected chi connectivity index (χ4v) is 4.11. The standard InChI is InChI=1S/C22H22ClF3N4O2S/c23-17-6-2-15(3-7-17)12-29-21-30(11-1-10-28-13-20(27)31)19(14-33-21)16-4-8-18(9-5-16)32-22(24,25)26/h2-9,14,28H,1,10-13H2,(H2,27,31). The lowest BCUT2D eigenvalue weighted by Gasteiger charge is -2.12. The molecule has 1 amide bonds. The van der Waals surface area contributed by atoms with Crippen LogP contribution in [0.25, 0.3) is 11.3 Å². The van der Waals surface area contributed by atoms with Crippen molar-refractivity contribution in [3.63, 3.8) is 0 Å². The van der Waals surface area contributed by atoms with E-state index >= 15 is 0 Å². The summed E-state index contributed by atoms with van der Waals surface area (Å²) in [7, 11) is 0. The number of hydrogen-bond donors (Lipinski definition) is 2. The Bertz CT molecular complexity index is 1130. The summed E-state index contributed by atoms with van der Waals surface area (Å²) in [6.07, 6.45) is -4.05. The Kier molecular flexibility index (Phi) is 8.54. The molecule has 0 unspecified atom stereocenters. The Morgan fingerprint density at radius 3 is 2.48 bits per heavy atom. The van der Waals surface area contributed by atoms with Gasteiger partial charge in [0.2, 0.25) is 5.91 Å². The smallest absolute Gasteiger partial charge is 0.406 e. The summed E-state index contributed by atoms with van der Waals surface area (Å²) in [4.78, 5) is 16.4. The highest BCUT2D eigenvalue weighted by molar-refractivity contribution is 7.07. The average Bonchev–Trinajstić information content (AvgIpc) is 3.15. The molecule has 0 fully saturated rings. The van der Waals surface area contributed by atoms with E-state index in [2.05, 4.69) is 10.1 Å². The third-order valence-corrected chi connectivity index (χ3v) is 5.68. The summed E-state index contributed by atoms with van der Waals surface area (Å²) in [6.45, 7) is 1.70. The SMILES string of the molecule is NC(=O)CNCCCn1c(-c2ccc(OC(F)(F)F)cc2)csc1=NCc1ccc(Cl)cc1. The molecule has 0 aliphatic heterocycles. The van der Waals surface area contributed by atoms with Crippen LogP contribution in [-0.4, -0.2) is 29.9 Å². The fourth-order valence-electron chi connectivity index (χ4n) is 3.05. The molecule has 0 spiro atoms. The molecule has 2 aromatic carbocycles. The molecular weight excluding hydrogens is 477 g/mol. The van der Waals surface area contributed by atoms with E-state index in [1.165, 1.54) is 23.5 Å². The number of carbonyl (C=O) groups excluding carboxylic acids is 1. The molecule has 0 radical (unpaired) electrons. The fraction of sp³-hybridized carbons (Fsp3) is 0.273. The number of nitrogens with one attached hydrogen (secondary N) is 1. The van der Waals surface area contributed by atoms with Crippen LogP contribution >= 0.6 is 22.9 Å². The second kappa shape index (κ2) is 11.4. The van der Waals surface area contributed by atoms with Crippen LogP contribution in [0.5, 0.6) is 5.75 Å². The highest BCUT2D eigenvalue weighted by Crippen LogP contribution is 2.27. The summed E-state index contributed by atoms with van der Waals surface area (Å²) in [5, 5.41) is 5.53. The van der Waals surface area contributed by atoms with E-state index in [0.717, 1.165) is 21.6 Å². The molecule has 3 rings (SSSR count). The van der Waals surface area contributed by atoms with Gasteiger partial charge in [-0.25, -0.2) is 0 Å². The molecule has 1 aromatic heterocycles. The van der Waals surface area contributed by atoms with Crippen molar-refractivity contribution in [3.8, 4) is 17.0 Å². The zero-order chi connectivity index (χ0) is 23.8. The third kappa shape index (κ3) is 7.92. The van der Waals surface area contributed by atoms with Gasteiger partial charge in [0, 0.05) is 16.9 Å². The summed E-state index contributed by atoms with van der Waals surface area (Å²) in [5.74, 6) is -0.713. The van der Waals surface area contributed by atoms with Crippen molar-refractivity contribution in [2.45, 2.75) is 25.9 Å². The Hall–Kier alpha value is -2.82. The van der Waals surface area contributed by atoms with E-state index in [1.807, 2.05) is 22.1 Å². The van der Waals surface area contributed by atoms with Crippen LogP contribution < -0.4 is 20.6 Å². The first-order valence-corrected chi connectivity index (χ1v) is 11.3. The summed E-state index contributed by atoms with van der Waals surface area (Å²) < 4.78 is 43.3. The van der Waals surface area contributed by atoms with E-state index < -0.39 is 12.3 Å². The Balaban J connectivity index is 1.83. The first kappa shape index (κ1) is 24.8. The third-order valence-electron chi connectivity index (χ3n) is 4.53. The number of amides is 1. The molecule has 3 N–H and O–H groups in total. The number of benzene rings is 2. The molecule has 0 aliphatic carbocycles. The number of nitrogens with two attached hydrogens (primary N) is 1. The van der Waals surface area contributed by atoms with Crippen molar-refractivity contribution in [3.05, 3.63) is 69.3 Å². The minimum Gasteiger partial charge on any atom is -0.406 e. The monoisotopic (exact) mass is 498 g/mol. The molecule has 0 atom stereocenters. The normalized spacial score (nSPS) is 12.2. The van der Waals surface area contributed by atoms with Crippen molar-refractivity contribution < 1.29 is 22.7 Å². The van der Waals surface area contributed by atoms with E-state index in [9.17, 15) is 18.0 Å². The maximum absolute atomic E-state index is 12.5. The van der Waals surface area contributed by atoms with Gasteiger partial charge in [0.1, 0.15) is 5.75 Å². The molecule has 176 valence electrons. The molecule has 11 heteroatoms. The number of halogens is 4. The van der Waals surface area contributed by atoms with E-state index in [1.54, 1.807) is 24.3 Å². The van der Waals surface area contributed by atoms with Gasteiger partial charge in [-0.3, -0.25) is 9.79 Å². The predicted molar refractivity (Wildman–Crippen MR) is 122 cm³/mol. The topological polar surface area (TPSA) is 81.6 Å². The largest absolute Gasteiger partial charge is 0.573 e. The summed E-state index contributed by atoms with van der Waals surface area (Å²) in [6, 6.07) is 13.1.